The second-order valence-corrected chi connectivity index (χ2v) is 6.86. The molecule has 1 aromatic heterocycles. The Morgan fingerprint density at radius 1 is 1.19 bits per heavy atom. The van der Waals surface area contributed by atoms with Gasteiger partial charge in [-0.1, -0.05) is 35.1 Å². The summed E-state index contributed by atoms with van der Waals surface area (Å²) >= 11 is 7.24. The number of anilines is 1. The largest absolute Gasteiger partial charge is 0.350 e. The van der Waals surface area contributed by atoms with Gasteiger partial charge >= 0.3 is 0 Å². The average Bonchev–Trinajstić information content (AvgIpc) is 3.01. The number of aromatic nitrogens is 1. The average molecular weight is 393 g/mol. The van der Waals surface area contributed by atoms with Gasteiger partial charge in [0, 0.05) is 0 Å². The molecule has 0 unspecified atom stereocenters. The number of rotatable bonds is 4. The first-order valence-corrected chi connectivity index (χ1v) is 8.81. The number of hydrazine groups is 1. The Morgan fingerprint density at radius 3 is 2.69 bits per heavy atom. The van der Waals surface area contributed by atoms with E-state index in [0.29, 0.717) is 5.13 Å². The van der Waals surface area contributed by atoms with Crippen LogP contribution in [0.2, 0.25) is 5.02 Å². The molecule has 0 aliphatic rings. The molecule has 0 radical (unpaired) electrons. The van der Waals surface area contributed by atoms with E-state index in [-0.39, 0.29) is 10.6 Å². The van der Waals surface area contributed by atoms with Crippen molar-refractivity contribution in [2.24, 2.45) is 0 Å². The van der Waals surface area contributed by atoms with Crippen molar-refractivity contribution in [2.45, 2.75) is 13.0 Å². The third kappa shape index (κ3) is 4.09. The number of carbonyl (C=O) groups is 2. The number of carbonyl (C=O) groups excluding carboxylic acids is 2. The highest BCUT2D eigenvalue weighted by molar-refractivity contribution is 7.22. The summed E-state index contributed by atoms with van der Waals surface area (Å²) in [7, 11) is 0. The quantitative estimate of drug-likeness (QED) is 0.594. The number of fused-ring (bicyclic) bond motifs is 1. The number of nitrogens with one attached hydrogen (secondary N) is 3. The first kappa shape index (κ1) is 18.1. The van der Waals surface area contributed by atoms with Gasteiger partial charge in [0.05, 0.1) is 20.8 Å². The zero-order valence-corrected chi connectivity index (χ0v) is 15.1. The van der Waals surface area contributed by atoms with E-state index in [1.807, 2.05) is 24.3 Å². The summed E-state index contributed by atoms with van der Waals surface area (Å²) in [6.07, 6.45) is 0. The van der Waals surface area contributed by atoms with Gasteiger partial charge in [-0.25, -0.2) is 9.37 Å². The molecule has 0 saturated heterocycles. The summed E-state index contributed by atoms with van der Waals surface area (Å²) in [6.45, 7) is 1.64. The monoisotopic (exact) mass is 392 g/mol. The number of hydrogen-bond acceptors (Lipinski definition) is 5. The van der Waals surface area contributed by atoms with Gasteiger partial charge in [-0.15, -0.1) is 0 Å². The van der Waals surface area contributed by atoms with Gasteiger partial charge in [0.25, 0.3) is 11.8 Å². The maximum absolute atomic E-state index is 13.0. The van der Waals surface area contributed by atoms with Crippen LogP contribution in [-0.4, -0.2) is 22.8 Å². The molecule has 134 valence electrons. The van der Waals surface area contributed by atoms with Gasteiger partial charge in [-0.2, -0.15) is 0 Å². The van der Waals surface area contributed by atoms with Gasteiger partial charge in [0.1, 0.15) is 11.9 Å². The van der Waals surface area contributed by atoms with Crippen molar-refractivity contribution >= 4 is 50.1 Å². The number of nitrogens with zero attached hydrogens (tertiary/aromatic N) is 1. The Balaban J connectivity index is 1.57. The normalized spacial score (nSPS) is 11.8. The predicted octanol–water partition coefficient (Wildman–Crippen LogP) is 3.35. The van der Waals surface area contributed by atoms with E-state index in [1.165, 1.54) is 17.4 Å². The van der Waals surface area contributed by atoms with Crippen LogP contribution in [0.3, 0.4) is 0 Å². The van der Waals surface area contributed by atoms with E-state index in [9.17, 15) is 14.0 Å². The van der Waals surface area contributed by atoms with Gasteiger partial charge in [0.2, 0.25) is 0 Å². The molecule has 0 aliphatic heterocycles. The van der Waals surface area contributed by atoms with Crippen LogP contribution in [0.25, 0.3) is 10.2 Å². The van der Waals surface area contributed by atoms with Crippen molar-refractivity contribution in [1.29, 1.82) is 0 Å². The van der Waals surface area contributed by atoms with E-state index in [4.69, 9.17) is 11.6 Å². The zero-order chi connectivity index (χ0) is 18.7. The fraction of sp³-hybridized carbons (Fsp3) is 0.118. The summed E-state index contributed by atoms with van der Waals surface area (Å²) in [5, 5.41) is 3.54. The van der Waals surface area contributed by atoms with Crippen LogP contribution >= 0.6 is 22.9 Å². The van der Waals surface area contributed by atoms with Crippen LogP contribution in [0.15, 0.2) is 42.5 Å². The first-order chi connectivity index (χ1) is 12.4. The van der Waals surface area contributed by atoms with Gasteiger partial charge in [-0.3, -0.25) is 20.4 Å². The third-order valence-corrected chi connectivity index (χ3v) is 4.78. The zero-order valence-electron chi connectivity index (χ0n) is 13.5. The number of thiazole rings is 1. The minimum absolute atomic E-state index is 0.0441. The fourth-order valence-electron chi connectivity index (χ4n) is 2.15. The molecule has 0 bridgehead atoms. The Labute approximate surface area is 157 Å². The molecule has 0 fully saturated rings. The molecule has 9 heteroatoms. The molecule has 0 aliphatic carbocycles. The van der Waals surface area contributed by atoms with E-state index in [1.54, 1.807) is 6.92 Å². The highest BCUT2D eigenvalue weighted by atomic mass is 35.5. The SMILES string of the molecule is C[C@H](Nc1nc2ccccc2s1)C(=O)NNC(=O)c1ccc(F)cc1Cl. The van der Waals surface area contributed by atoms with Crippen LogP contribution in [0.5, 0.6) is 0 Å². The second-order valence-electron chi connectivity index (χ2n) is 5.42. The molecule has 2 amide bonds. The van der Waals surface area contributed by atoms with Gasteiger partial charge < -0.3 is 5.32 Å². The summed E-state index contributed by atoms with van der Waals surface area (Å²) in [6, 6.07) is 10.4. The molecule has 3 N–H and O–H groups in total. The molecule has 2 aromatic carbocycles. The van der Waals surface area contributed by atoms with Crippen molar-refractivity contribution in [3.05, 3.63) is 58.9 Å². The number of benzene rings is 2. The molecule has 1 atom stereocenters. The smallest absolute Gasteiger partial charge is 0.271 e. The van der Waals surface area contributed by atoms with E-state index in [0.717, 1.165) is 22.3 Å². The Bertz CT molecular complexity index is 945. The summed E-state index contributed by atoms with van der Waals surface area (Å²) in [5.41, 5.74) is 5.45. The summed E-state index contributed by atoms with van der Waals surface area (Å²) in [5.74, 6) is -1.66. The lowest BCUT2D eigenvalue weighted by molar-refractivity contribution is -0.122. The highest BCUT2D eigenvalue weighted by Gasteiger charge is 2.17. The van der Waals surface area contributed by atoms with Crippen LogP contribution in [0, 0.1) is 5.82 Å². The Kier molecular flexibility index (Phi) is 5.34. The standard InChI is InChI=1S/C17H14ClFN4O2S/c1-9(20-17-21-13-4-2-3-5-14(13)26-17)15(24)22-23-16(25)11-7-6-10(19)8-12(11)18/h2-9H,1H3,(H,20,21)(H,22,24)(H,23,25)/t9-/m0/s1. The maximum atomic E-state index is 13.0. The van der Waals surface area contributed by atoms with Crippen LogP contribution in [0.4, 0.5) is 9.52 Å². The summed E-state index contributed by atoms with van der Waals surface area (Å²) < 4.78 is 14.0. The van der Waals surface area contributed by atoms with E-state index >= 15 is 0 Å². The molecule has 0 spiro atoms. The van der Waals surface area contributed by atoms with Gasteiger partial charge in [0.15, 0.2) is 5.13 Å². The molecule has 3 aromatic rings. The lowest BCUT2D eigenvalue weighted by Crippen LogP contribution is -2.47. The lowest BCUT2D eigenvalue weighted by atomic mass is 10.2. The Hall–Kier alpha value is -2.71. The van der Waals surface area contributed by atoms with Crippen LogP contribution in [0.1, 0.15) is 17.3 Å². The molecule has 6 nitrogen and oxygen atoms in total. The maximum Gasteiger partial charge on any atom is 0.271 e. The topological polar surface area (TPSA) is 83.1 Å². The minimum atomic E-state index is -0.643. The van der Waals surface area contributed by atoms with Crippen molar-refractivity contribution < 1.29 is 14.0 Å². The number of para-hydroxylation sites is 1. The molecule has 3 rings (SSSR count). The van der Waals surface area contributed by atoms with E-state index in [2.05, 4.69) is 21.2 Å². The second kappa shape index (κ2) is 7.67. The number of hydrogen-bond donors (Lipinski definition) is 3. The first-order valence-electron chi connectivity index (χ1n) is 7.61. The molecule has 26 heavy (non-hydrogen) atoms. The fourth-order valence-corrected chi connectivity index (χ4v) is 3.36. The third-order valence-electron chi connectivity index (χ3n) is 3.50. The highest BCUT2D eigenvalue weighted by Crippen LogP contribution is 2.25. The number of halogens is 2. The van der Waals surface area contributed by atoms with E-state index < -0.39 is 23.7 Å². The summed E-state index contributed by atoms with van der Waals surface area (Å²) in [4.78, 5) is 28.5. The molecular weight excluding hydrogens is 379 g/mol. The predicted molar refractivity (Wildman–Crippen MR) is 99.7 cm³/mol. The van der Waals surface area contributed by atoms with Crippen LogP contribution in [-0.2, 0) is 4.79 Å². The van der Waals surface area contributed by atoms with Crippen molar-refractivity contribution in [3.63, 3.8) is 0 Å². The molecule has 1 heterocycles. The molecular formula is C17H14ClFN4O2S. The Morgan fingerprint density at radius 2 is 1.96 bits per heavy atom. The minimum Gasteiger partial charge on any atom is -0.350 e. The molecule has 0 saturated carbocycles. The van der Waals surface area contributed by atoms with Crippen molar-refractivity contribution in [1.82, 2.24) is 15.8 Å². The van der Waals surface area contributed by atoms with Crippen LogP contribution < -0.4 is 16.2 Å². The number of amides is 2. The van der Waals surface area contributed by atoms with Crippen molar-refractivity contribution in [2.75, 3.05) is 5.32 Å². The lowest BCUT2D eigenvalue weighted by Gasteiger charge is -2.14. The van der Waals surface area contributed by atoms with Crippen molar-refractivity contribution in [3.8, 4) is 0 Å². The van der Waals surface area contributed by atoms with Gasteiger partial charge in [-0.05, 0) is 37.3 Å².